The van der Waals surface area contributed by atoms with Gasteiger partial charge in [0.1, 0.15) is 5.75 Å². The van der Waals surface area contributed by atoms with Crippen molar-refractivity contribution in [3.63, 3.8) is 0 Å². The Morgan fingerprint density at radius 2 is 1.47 bits per heavy atom. The number of rotatable bonds is 4. The molecule has 1 aliphatic heterocycles. The van der Waals surface area contributed by atoms with E-state index in [0.29, 0.717) is 0 Å². The molecule has 2 heterocycles. The van der Waals surface area contributed by atoms with E-state index in [1.54, 1.807) is 7.11 Å². The van der Waals surface area contributed by atoms with Crippen molar-refractivity contribution in [1.29, 1.82) is 0 Å². The lowest BCUT2D eigenvalue weighted by Crippen LogP contribution is -2.28. The van der Waals surface area contributed by atoms with Gasteiger partial charge in [0.25, 0.3) is 0 Å². The number of hydrogen-bond donors (Lipinski definition) is 0. The molecule has 4 nitrogen and oxygen atoms in total. The van der Waals surface area contributed by atoms with Crippen LogP contribution in [0.5, 0.6) is 5.75 Å². The maximum Gasteiger partial charge on any atom is 0.119 e. The Labute approximate surface area is 228 Å². The van der Waals surface area contributed by atoms with E-state index < -0.39 is 0 Å². The molecule has 4 aromatic rings. The van der Waals surface area contributed by atoms with E-state index in [0.717, 1.165) is 29.2 Å². The highest BCUT2D eigenvalue weighted by atomic mass is 16.5. The summed E-state index contributed by atoms with van der Waals surface area (Å²) in [6, 6.07) is 27.9. The quantitative estimate of drug-likeness (QED) is 0.259. The number of allylic oxidation sites excluding steroid dienone is 2. The molecule has 1 aliphatic rings. The summed E-state index contributed by atoms with van der Waals surface area (Å²) in [5.74, 6) is 0.840. The highest BCUT2D eigenvalue weighted by Crippen LogP contribution is 2.46. The fourth-order valence-electron chi connectivity index (χ4n) is 5.34. The first kappa shape index (κ1) is 27.0. The van der Waals surface area contributed by atoms with Crippen LogP contribution in [0.15, 0.2) is 103 Å². The predicted octanol–water partition coefficient (Wildman–Crippen LogP) is 9.13. The van der Waals surface area contributed by atoms with E-state index in [4.69, 9.17) is 4.74 Å². The summed E-state index contributed by atoms with van der Waals surface area (Å²) in [5, 5.41) is 0. The van der Waals surface area contributed by atoms with Gasteiger partial charge in [-0.1, -0.05) is 57.5 Å². The van der Waals surface area contributed by atoms with Gasteiger partial charge in [-0.05, 0) is 85.1 Å². The second-order valence-corrected chi connectivity index (χ2v) is 9.74. The van der Waals surface area contributed by atoms with E-state index in [-0.39, 0.29) is 5.41 Å². The van der Waals surface area contributed by atoms with Crippen LogP contribution in [0.1, 0.15) is 45.7 Å². The molecule has 0 unspecified atom stereocenters. The summed E-state index contributed by atoms with van der Waals surface area (Å²) >= 11 is 0. The molecule has 1 aromatic heterocycles. The molecule has 3 aromatic carbocycles. The summed E-state index contributed by atoms with van der Waals surface area (Å²) in [4.78, 5) is 8.86. The molecule has 0 saturated heterocycles. The highest BCUT2D eigenvalue weighted by Gasteiger charge is 2.32. The number of ether oxygens (including phenoxy) is 1. The van der Waals surface area contributed by atoms with E-state index in [2.05, 4.69) is 103 Å². The molecule has 38 heavy (non-hydrogen) atoms. The first-order valence-corrected chi connectivity index (χ1v) is 13.4. The molecule has 5 rings (SSSR count). The Bertz CT molecular complexity index is 1390. The lowest BCUT2D eigenvalue weighted by Gasteiger charge is -2.38. The van der Waals surface area contributed by atoms with Crippen molar-refractivity contribution in [3.8, 4) is 5.75 Å². The molecule has 4 heteroatoms. The molecule has 0 radical (unpaired) electrons. The van der Waals surface area contributed by atoms with Crippen LogP contribution in [0, 0.1) is 0 Å². The monoisotopic (exact) mass is 505 g/mol. The average molecular weight is 506 g/mol. The minimum atomic E-state index is -0.0753. The van der Waals surface area contributed by atoms with Gasteiger partial charge in [-0.3, -0.25) is 4.98 Å². The number of para-hydroxylation sites is 1. The first-order valence-electron chi connectivity index (χ1n) is 13.4. The largest absolute Gasteiger partial charge is 0.497 e. The van der Waals surface area contributed by atoms with E-state index in [9.17, 15) is 0 Å². The standard InChI is InChI=1S/C32H33N3O.C2H6/c1-6-24-21-23-22-27(13-16-30(23)34(4)31-10-8-7-9-29(31)32(24,2)3)35(26-17-19-33-20-18-26)25-11-14-28(36-5)15-12-25;1-2/h6-20,22H,21H2,1-5H3;1-2H3/b24-6+;. The van der Waals surface area contributed by atoms with Crippen molar-refractivity contribution >= 4 is 28.4 Å². The number of fused-ring (bicyclic) bond motifs is 2. The second kappa shape index (κ2) is 11.6. The Balaban J connectivity index is 0.00000164. The van der Waals surface area contributed by atoms with E-state index in [1.165, 1.54) is 28.1 Å². The van der Waals surface area contributed by atoms with Gasteiger partial charge in [0.15, 0.2) is 0 Å². The summed E-state index contributed by atoms with van der Waals surface area (Å²) in [7, 11) is 3.87. The fourth-order valence-corrected chi connectivity index (χ4v) is 5.34. The van der Waals surface area contributed by atoms with Crippen LogP contribution in [0.25, 0.3) is 0 Å². The van der Waals surface area contributed by atoms with Crippen molar-refractivity contribution in [1.82, 2.24) is 4.98 Å². The SMILES string of the molecule is C/C=C1\Cc2cc(N(c3ccncc3)c3ccc(OC)cc3)ccc2N(C)c2ccccc2C1(C)C.CC. The van der Waals surface area contributed by atoms with Crippen molar-refractivity contribution in [2.75, 3.05) is 24.0 Å². The number of hydrogen-bond acceptors (Lipinski definition) is 4. The van der Waals surface area contributed by atoms with E-state index in [1.807, 2.05) is 50.5 Å². The van der Waals surface area contributed by atoms with Crippen LogP contribution in [0.2, 0.25) is 0 Å². The number of benzene rings is 3. The summed E-state index contributed by atoms with van der Waals surface area (Å²) in [5.41, 5.74) is 9.72. The summed E-state index contributed by atoms with van der Waals surface area (Å²) in [6.45, 7) is 10.8. The van der Waals surface area contributed by atoms with Crippen LogP contribution < -0.4 is 14.5 Å². The zero-order chi connectivity index (χ0) is 27.3. The van der Waals surface area contributed by atoms with Gasteiger partial charge in [0, 0.05) is 53.3 Å². The van der Waals surface area contributed by atoms with Gasteiger partial charge in [-0.15, -0.1) is 0 Å². The maximum absolute atomic E-state index is 5.40. The Kier molecular flexibility index (Phi) is 8.21. The van der Waals surface area contributed by atoms with Gasteiger partial charge in [0.05, 0.1) is 7.11 Å². The smallest absolute Gasteiger partial charge is 0.119 e. The second-order valence-electron chi connectivity index (χ2n) is 9.74. The average Bonchev–Trinajstić information content (AvgIpc) is 2.97. The minimum absolute atomic E-state index is 0.0753. The number of anilines is 5. The molecular formula is C34H39N3O. The predicted molar refractivity (Wildman–Crippen MR) is 162 cm³/mol. The fraction of sp³-hybridized carbons (Fsp3) is 0.265. The molecule has 0 N–H and O–H groups in total. The molecule has 0 aliphatic carbocycles. The number of pyridine rings is 1. The maximum atomic E-state index is 5.40. The van der Waals surface area contributed by atoms with Crippen molar-refractivity contribution in [2.45, 2.75) is 46.5 Å². The van der Waals surface area contributed by atoms with Gasteiger partial charge < -0.3 is 14.5 Å². The molecule has 0 fully saturated rings. The molecule has 0 amide bonds. The topological polar surface area (TPSA) is 28.6 Å². The van der Waals surface area contributed by atoms with Gasteiger partial charge in [0.2, 0.25) is 0 Å². The minimum Gasteiger partial charge on any atom is -0.497 e. The third-order valence-corrected chi connectivity index (χ3v) is 7.41. The Morgan fingerprint density at radius 3 is 2.13 bits per heavy atom. The van der Waals surface area contributed by atoms with Gasteiger partial charge in [-0.2, -0.15) is 0 Å². The number of aromatic nitrogens is 1. The first-order chi connectivity index (χ1) is 18.4. The van der Waals surface area contributed by atoms with Crippen molar-refractivity contribution < 1.29 is 4.74 Å². The van der Waals surface area contributed by atoms with Crippen LogP contribution in [0.3, 0.4) is 0 Å². The van der Waals surface area contributed by atoms with E-state index >= 15 is 0 Å². The lowest BCUT2D eigenvalue weighted by molar-refractivity contribution is 0.415. The lowest BCUT2D eigenvalue weighted by atomic mass is 9.73. The van der Waals surface area contributed by atoms with Crippen LogP contribution in [0.4, 0.5) is 28.4 Å². The third kappa shape index (κ3) is 5.04. The van der Waals surface area contributed by atoms with Crippen LogP contribution in [-0.4, -0.2) is 19.1 Å². The van der Waals surface area contributed by atoms with Gasteiger partial charge >= 0.3 is 0 Å². The zero-order valence-electron chi connectivity index (χ0n) is 23.7. The number of methoxy groups -OCH3 is 1. The molecule has 196 valence electrons. The molecule has 0 saturated carbocycles. The van der Waals surface area contributed by atoms with Gasteiger partial charge in [-0.25, -0.2) is 0 Å². The summed E-state index contributed by atoms with van der Waals surface area (Å²) < 4.78 is 5.40. The van der Waals surface area contributed by atoms with Crippen molar-refractivity contribution in [2.24, 2.45) is 0 Å². The Morgan fingerprint density at radius 1 is 0.842 bits per heavy atom. The molecule has 0 atom stereocenters. The third-order valence-electron chi connectivity index (χ3n) is 7.41. The van der Waals surface area contributed by atoms with Crippen LogP contribution in [-0.2, 0) is 11.8 Å². The highest BCUT2D eigenvalue weighted by molar-refractivity contribution is 5.80. The molecule has 0 spiro atoms. The van der Waals surface area contributed by atoms with Crippen LogP contribution >= 0.6 is 0 Å². The van der Waals surface area contributed by atoms with Crippen molar-refractivity contribution in [3.05, 3.63) is 114 Å². The molecule has 0 bridgehead atoms. The normalized spacial score (nSPS) is 14.8. The number of nitrogens with zero attached hydrogens (tertiary/aromatic N) is 3. The zero-order valence-corrected chi connectivity index (χ0v) is 23.7. The summed E-state index contributed by atoms with van der Waals surface area (Å²) in [6.07, 6.45) is 6.86. The molecular weight excluding hydrogens is 466 g/mol. The Hall–Kier alpha value is -4.05.